The summed E-state index contributed by atoms with van der Waals surface area (Å²) in [6.07, 6.45) is 21.3. The topological polar surface area (TPSA) is 561 Å². The molecule has 0 radical (unpaired) electrons. The van der Waals surface area contributed by atoms with Crippen LogP contribution in [0.3, 0.4) is 0 Å². The first kappa shape index (κ1) is 105. The van der Waals surface area contributed by atoms with Crippen molar-refractivity contribution in [3.8, 4) is 11.1 Å². The number of nitrogens with one attached hydrogen (secondary N) is 5. The smallest absolute Gasteiger partial charge is 0.423 e. The molecule has 5 aromatic carbocycles. The van der Waals surface area contributed by atoms with Gasteiger partial charge in [0.05, 0.1) is 19.7 Å². The number of hydrogen-bond acceptors (Lipinski definition) is 31. The van der Waals surface area contributed by atoms with Crippen LogP contribution in [0.25, 0.3) is 11.1 Å². The molecule has 13 rings (SSSR count). The second-order valence-corrected chi connectivity index (χ2v) is 33.2. The third-order valence-electron chi connectivity index (χ3n) is 21.5. The lowest BCUT2D eigenvalue weighted by Gasteiger charge is -2.27. The van der Waals surface area contributed by atoms with Gasteiger partial charge < -0.3 is 80.0 Å². The second kappa shape index (κ2) is 56.8. The Bertz CT molecular complexity index is 4770. The van der Waals surface area contributed by atoms with Crippen molar-refractivity contribution in [2.75, 3.05) is 79.2 Å². The third-order valence-corrected chi connectivity index (χ3v) is 23.1. The number of aromatic nitrogens is 8. The summed E-state index contributed by atoms with van der Waals surface area (Å²) < 4.78 is 2.07. The molecule has 19 N–H and O–H groups in total. The molecule has 4 aliphatic rings. The van der Waals surface area contributed by atoms with Crippen LogP contribution in [0, 0.1) is 87.8 Å². The van der Waals surface area contributed by atoms with Crippen LogP contribution in [0.15, 0.2) is 155 Å². The van der Waals surface area contributed by atoms with Crippen molar-refractivity contribution >= 4 is 144 Å². The molecule has 125 heavy (non-hydrogen) atoms. The number of hydrogen-bond donors (Lipinski definition) is 15. The lowest BCUT2D eigenvalue weighted by molar-refractivity contribution is -0.385. The molecule has 0 saturated heterocycles. The average molecular weight is 1940 g/mol. The minimum atomic E-state index is -1.40. The predicted octanol–water partition coefficient (Wildman–Crippen LogP) is 14.1. The lowest BCUT2D eigenvalue weighted by Crippen LogP contribution is -2.30. The van der Waals surface area contributed by atoms with E-state index in [1.54, 1.807) is 18.2 Å². The van der Waals surface area contributed by atoms with Crippen molar-refractivity contribution in [3.63, 3.8) is 0 Å². The molecule has 4 saturated carbocycles. The van der Waals surface area contributed by atoms with Crippen molar-refractivity contribution in [3.05, 3.63) is 239 Å². The summed E-state index contributed by atoms with van der Waals surface area (Å²) in [6, 6.07) is 39.0. The van der Waals surface area contributed by atoms with E-state index in [-0.39, 0.29) is 88.2 Å². The first-order valence-electron chi connectivity index (χ1n) is 40.8. The van der Waals surface area contributed by atoms with Crippen molar-refractivity contribution < 1.29 is 50.2 Å². The molecule has 4 fully saturated rings. The molecule has 35 nitrogen and oxygen atoms in total. The molecular weight excluding hydrogens is 1830 g/mol. The van der Waals surface area contributed by atoms with E-state index in [1.165, 1.54) is 38.1 Å². The number of aliphatic hydroxyl groups excluding tert-OH is 4. The number of nitro groups is 4. The van der Waals surface area contributed by atoms with Crippen LogP contribution in [0.1, 0.15) is 131 Å². The van der Waals surface area contributed by atoms with Crippen molar-refractivity contribution in [2.24, 2.45) is 70.3 Å². The summed E-state index contributed by atoms with van der Waals surface area (Å²) in [5.41, 5.74) is 29.2. The highest BCUT2D eigenvalue weighted by Gasteiger charge is 2.28. The largest absolute Gasteiger partial charge is 0.488 e. The molecule has 0 unspecified atom stereocenters. The summed E-state index contributed by atoms with van der Waals surface area (Å²) in [4.78, 5) is 72.9. The van der Waals surface area contributed by atoms with Crippen LogP contribution in [0.5, 0.6) is 0 Å². The van der Waals surface area contributed by atoms with E-state index in [4.69, 9.17) is 78.0 Å². The van der Waals surface area contributed by atoms with Crippen LogP contribution < -0.4 is 55.0 Å². The number of rotatable bonds is 29. The van der Waals surface area contributed by atoms with E-state index in [1.807, 2.05) is 78.9 Å². The van der Waals surface area contributed by atoms with Crippen LogP contribution in [0.2, 0.25) is 15.7 Å². The van der Waals surface area contributed by atoms with Gasteiger partial charge in [-0.05, 0) is 261 Å². The molecule has 4 heterocycles. The van der Waals surface area contributed by atoms with Crippen LogP contribution in [-0.4, -0.2) is 150 Å². The van der Waals surface area contributed by atoms with Gasteiger partial charge in [-0.3, -0.25) is 40.5 Å². The highest BCUT2D eigenvalue weighted by molar-refractivity contribution is 9.10. The van der Waals surface area contributed by atoms with Crippen molar-refractivity contribution in [1.82, 2.24) is 39.9 Å². The molecule has 0 amide bonds. The first-order valence-corrected chi connectivity index (χ1v) is 43.5. The zero-order valence-corrected chi connectivity index (χ0v) is 75.2. The zero-order chi connectivity index (χ0) is 89.9. The number of benzene rings is 5. The van der Waals surface area contributed by atoms with Gasteiger partial charge in [-0.15, -0.1) is 12.4 Å². The summed E-state index contributed by atoms with van der Waals surface area (Å²) in [5.74, 6) is 5.04. The summed E-state index contributed by atoms with van der Waals surface area (Å²) in [5, 5.41) is 113. The maximum Gasteiger partial charge on any atom is 0.488 e. The molecule has 4 aromatic heterocycles. The second-order valence-electron chi connectivity index (χ2n) is 30.3. The van der Waals surface area contributed by atoms with E-state index in [2.05, 4.69) is 123 Å². The lowest BCUT2D eigenvalue weighted by atomic mass is 9.80. The molecule has 42 heteroatoms. The molecule has 0 bridgehead atoms. The van der Waals surface area contributed by atoms with Gasteiger partial charge in [0.1, 0.15) is 24.8 Å². The quantitative estimate of drug-likeness (QED) is 0.00680. The van der Waals surface area contributed by atoms with Crippen LogP contribution in [0.4, 0.5) is 52.1 Å². The van der Waals surface area contributed by atoms with Crippen molar-refractivity contribution in [1.29, 1.82) is 0 Å². The molecule has 9 aromatic rings. The Hall–Kier alpha value is -9.20. The summed E-state index contributed by atoms with van der Waals surface area (Å²) in [7, 11) is -1.40. The Kier molecular flexibility index (Phi) is 47.5. The fraction of sp³-hybridized carbons (Fsp3) is 0.446. The monoisotopic (exact) mass is 1930 g/mol. The van der Waals surface area contributed by atoms with E-state index in [9.17, 15) is 50.7 Å². The van der Waals surface area contributed by atoms with Crippen LogP contribution in [-0.2, 0) is 32.7 Å². The van der Waals surface area contributed by atoms with E-state index >= 15 is 0 Å². The maximum absolute atomic E-state index is 11.5. The van der Waals surface area contributed by atoms with E-state index in [0.717, 1.165) is 150 Å². The predicted molar refractivity (Wildman–Crippen MR) is 496 cm³/mol. The van der Waals surface area contributed by atoms with Gasteiger partial charge in [-0.25, -0.2) is 19.9 Å². The third kappa shape index (κ3) is 37.3. The maximum atomic E-state index is 11.5. The number of nitrogens with zero attached hydrogens (tertiary/aromatic N) is 12. The Morgan fingerprint density at radius 1 is 0.384 bits per heavy atom. The number of anilines is 5. The standard InChI is InChI=1S/C26H32N6O3.C19H24BrN5O3.C12H17ClN4O3.C8H17NO.C7H10BNO2.C7H8BrN.C4HCl2N3O2.ClH/c27-13-20-3-1-5-22(11-20)23-6-2-4-21(12-23)15-29-26-30-16-24(32(34)35)25(31-26)28-14-18-7-9-19(17-33)10-8-18;20-16-3-1-2-15(8-16)10-22-19-23-11-17(25(27)28)18(24-19)21-9-13-4-6-14(12-26)7-5-13;13-12-15-6-10(17(19)20)11(16-12)14-5-8-1-3-9(7-18)4-2-8;9-5-7-1-3-8(6-10)4-2-7;9-5-6-2-1-3-7(4-6)8(10)11;8-7-3-1-2-6(4-7)5-9;5-3-2(9(10)11)1-7-4(6)8-3;/h1-6,11-12,16,18-19,33H,7-10,13-15,17,27H2,(H2,28,29,30,31);1-3,8,11,13-14,26H,4-7,9-10,12H2,(H2,21,22,23,24);6,8-9,18H,1-5,7H2,(H,14,15,16);7-8,10H,1-6,9H2;1-4,10-11H,5,9H2;1-4H,5,9H2;1H;1H. The Morgan fingerprint density at radius 3 is 1.04 bits per heavy atom. The SMILES string of the molecule is Cl.NCC1CCC(CO)CC1.NCc1cccc(-c2cccc(CNc3ncc([N+](=O)[O-])c(NCC4CCC(CO)CC4)n3)c2)c1.NCc1cccc(B(O)O)c1.NCc1cccc(Br)c1.O=[N+]([O-])c1cnc(Cl)nc1Cl.O=[N+]([O-])c1cnc(Cl)nc1NCC1CCC(CO)CC1.O=[N+]([O-])c1cnc(NCc2cccc(Br)c2)nc1NCC1CCC(CO)CC1. The van der Waals surface area contributed by atoms with Gasteiger partial charge in [0.15, 0.2) is 0 Å². The van der Waals surface area contributed by atoms with E-state index < -0.39 is 26.8 Å². The van der Waals surface area contributed by atoms with Gasteiger partial charge in [0.2, 0.25) is 45.1 Å². The molecule has 0 spiro atoms. The molecular formula is C83H110BBr2Cl4N21O14. The van der Waals surface area contributed by atoms with Gasteiger partial charge in [0, 0.05) is 87.7 Å². The molecule has 0 atom stereocenters. The normalized spacial score (nSPS) is 18.0. The van der Waals surface area contributed by atoms with Gasteiger partial charge in [-0.1, -0.05) is 128 Å². The highest BCUT2D eigenvalue weighted by atomic mass is 79.9. The minimum Gasteiger partial charge on any atom is -0.423 e. The van der Waals surface area contributed by atoms with E-state index in [0.29, 0.717) is 118 Å². The Labute approximate surface area is 763 Å². The van der Waals surface area contributed by atoms with Gasteiger partial charge >= 0.3 is 29.9 Å². The summed E-state index contributed by atoms with van der Waals surface area (Å²) in [6.45, 7) is 6.29. The Balaban J connectivity index is 0.000000239. The number of halogens is 6. The molecule has 676 valence electrons. The van der Waals surface area contributed by atoms with Gasteiger partial charge in [-0.2, -0.15) is 19.9 Å². The fourth-order valence-electron chi connectivity index (χ4n) is 14.0. The average Bonchev–Trinajstić information content (AvgIpc) is 0.832. The fourth-order valence-corrected chi connectivity index (χ4v) is 15.4. The molecule has 4 aliphatic carbocycles. The summed E-state index contributed by atoms with van der Waals surface area (Å²) >= 11 is 23.1. The minimum absolute atomic E-state index is 0. The Morgan fingerprint density at radius 2 is 0.688 bits per heavy atom. The van der Waals surface area contributed by atoms with Gasteiger partial charge in [0.25, 0.3) is 0 Å². The van der Waals surface area contributed by atoms with Crippen molar-refractivity contribution in [2.45, 2.75) is 135 Å². The first-order chi connectivity index (χ1) is 59.7. The molecule has 0 aliphatic heterocycles. The highest BCUT2D eigenvalue weighted by Crippen LogP contribution is 2.35. The number of nitrogens with two attached hydrogens (primary N) is 4. The van der Waals surface area contributed by atoms with Crippen LogP contribution >= 0.6 is 79.1 Å². The zero-order valence-electron chi connectivity index (χ0n) is 69.0. The number of aliphatic hydroxyl groups is 4.